The van der Waals surface area contributed by atoms with Crippen LogP contribution in [0.5, 0.6) is 0 Å². The molecule has 6 heteroatoms. The van der Waals surface area contributed by atoms with E-state index in [0.29, 0.717) is 19.3 Å². The summed E-state index contributed by atoms with van der Waals surface area (Å²) in [5.41, 5.74) is 0. The Hall–Kier alpha value is -2.63. The van der Waals surface area contributed by atoms with Gasteiger partial charge in [0.2, 0.25) is 0 Å². The van der Waals surface area contributed by atoms with Crippen LogP contribution < -0.4 is 0 Å². The Labute approximate surface area is 403 Å². The summed E-state index contributed by atoms with van der Waals surface area (Å²) < 4.78 is 16.8. The highest BCUT2D eigenvalue weighted by atomic mass is 16.6. The molecule has 0 aliphatic rings. The molecule has 0 saturated heterocycles. The zero-order valence-corrected chi connectivity index (χ0v) is 43.3. The number of ether oxygens (including phenoxy) is 3. The van der Waals surface area contributed by atoms with Gasteiger partial charge in [-0.15, -0.1) is 0 Å². The second-order valence-electron chi connectivity index (χ2n) is 18.9. The molecule has 0 heterocycles. The lowest BCUT2D eigenvalue weighted by atomic mass is 10.0. The first-order valence-electron chi connectivity index (χ1n) is 28.1. The van der Waals surface area contributed by atoms with Crippen molar-refractivity contribution >= 4 is 17.9 Å². The molecule has 0 aliphatic heterocycles. The standard InChI is InChI=1S/C59H106O6/c1-4-7-10-13-16-19-22-25-28-29-32-34-37-40-43-46-49-52-58(61)64-55-56(65-59(62)53-50-47-44-41-38-35-31-27-24-21-18-15-12-9-6-3)54-63-57(60)51-48-45-42-39-36-33-30-26-23-20-17-14-11-8-5-2/h16,19,25,28,32,34,40,43,56H,4-15,17-18,20-24,26-27,29-31,33,35-39,41-42,44-55H2,1-3H3/b19-16-,28-25-,34-32-,43-40-. The number of hydrogen-bond donors (Lipinski definition) is 0. The van der Waals surface area contributed by atoms with Crippen LogP contribution in [0.1, 0.15) is 290 Å². The smallest absolute Gasteiger partial charge is 0.306 e. The Balaban J connectivity index is 4.43. The summed E-state index contributed by atoms with van der Waals surface area (Å²) in [5, 5.41) is 0. The lowest BCUT2D eigenvalue weighted by Gasteiger charge is -2.18. The third kappa shape index (κ3) is 52.2. The summed E-state index contributed by atoms with van der Waals surface area (Å²) in [6, 6.07) is 0. The fraction of sp³-hybridized carbons (Fsp3) is 0.814. The lowest BCUT2D eigenvalue weighted by molar-refractivity contribution is -0.167. The summed E-state index contributed by atoms with van der Waals surface area (Å²) >= 11 is 0. The monoisotopic (exact) mass is 911 g/mol. The molecule has 0 saturated carbocycles. The maximum Gasteiger partial charge on any atom is 0.306 e. The first kappa shape index (κ1) is 62.4. The topological polar surface area (TPSA) is 78.9 Å². The molecule has 0 spiro atoms. The Morgan fingerprint density at radius 1 is 0.308 bits per heavy atom. The van der Waals surface area contributed by atoms with Gasteiger partial charge in [-0.2, -0.15) is 0 Å². The van der Waals surface area contributed by atoms with Crippen molar-refractivity contribution in [2.75, 3.05) is 13.2 Å². The van der Waals surface area contributed by atoms with Crippen LogP contribution in [-0.2, 0) is 28.6 Å². The molecule has 0 aromatic rings. The lowest BCUT2D eigenvalue weighted by Crippen LogP contribution is -2.30. The van der Waals surface area contributed by atoms with Gasteiger partial charge in [-0.25, -0.2) is 0 Å². The molecule has 1 atom stereocenters. The van der Waals surface area contributed by atoms with Crippen LogP contribution in [-0.4, -0.2) is 37.2 Å². The summed E-state index contributed by atoms with van der Waals surface area (Å²) in [7, 11) is 0. The van der Waals surface area contributed by atoms with E-state index in [4.69, 9.17) is 14.2 Å². The van der Waals surface area contributed by atoms with Gasteiger partial charge in [-0.3, -0.25) is 14.4 Å². The molecule has 6 nitrogen and oxygen atoms in total. The van der Waals surface area contributed by atoms with Gasteiger partial charge >= 0.3 is 17.9 Å². The van der Waals surface area contributed by atoms with Crippen LogP contribution >= 0.6 is 0 Å². The van der Waals surface area contributed by atoms with Crippen molar-refractivity contribution in [2.45, 2.75) is 297 Å². The Bertz CT molecular complexity index is 1140. The molecule has 378 valence electrons. The maximum atomic E-state index is 12.8. The highest BCUT2D eigenvalue weighted by Gasteiger charge is 2.19. The quantitative estimate of drug-likeness (QED) is 0.0262. The average Bonchev–Trinajstić information content (AvgIpc) is 3.30. The molecule has 0 N–H and O–H groups in total. The molecule has 0 aromatic carbocycles. The SMILES string of the molecule is CCCCC/C=C\C/C=C\C/C=C\C/C=C\CCCC(=O)OCC(COC(=O)CCCCCCCCCCCCCCCCC)OC(=O)CCCCCCCCCCCCCCCCC. The molecule has 0 aromatic heterocycles. The molecular formula is C59H106O6. The summed E-state index contributed by atoms with van der Waals surface area (Å²) in [6.45, 7) is 6.60. The summed E-state index contributed by atoms with van der Waals surface area (Å²) in [5.74, 6) is -0.929. The first-order valence-corrected chi connectivity index (χ1v) is 28.1. The highest BCUT2D eigenvalue weighted by molar-refractivity contribution is 5.71. The van der Waals surface area contributed by atoms with Gasteiger partial charge in [0.25, 0.3) is 0 Å². The number of allylic oxidation sites excluding steroid dienone is 8. The minimum Gasteiger partial charge on any atom is -0.462 e. The molecule has 0 bridgehead atoms. The van der Waals surface area contributed by atoms with Gasteiger partial charge in [0, 0.05) is 19.3 Å². The van der Waals surface area contributed by atoms with Gasteiger partial charge in [-0.1, -0.05) is 262 Å². The first-order chi connectivity index (χ1) is 32.0. The molecule has 65 heavy (non-hydrogen) atoms. The van der Waals surface area contributed by atoms with E-state index in [-0.39, 0.29) is 37.5 Å². The Kier molecular flexibility index (Phi) is 51.8. The van der Waals surface area contributed by atoms with E-state index in [9.17, 15) is 14.4 Å². The zero-order valence-electron chi connectivity index (χ0n) is 43.3. The molecule has 0 radical (unpaired) electrons. The van der Waals surface area contributed by atoms with Crippen LogP contribution in [0.15, 0.2) is 48.6 Å². The highest BCUT2D eigenvalue weighted by Crippen LogP contribution is 2.16. The van der Waals surface area contributed by atoms with Crippen LogP contribution in [0.25, 0.3) is 0 Å². The minimum absolute atomic E-state index is 0.0856. The Morgan fingerprint density at radius 2 is 0.569 bits per heavy atom. The van der Waals surface area contributed by atoms with E-state index in [1.807, 2.05) is 0 Å². The van der Waals surface area contributed by atoms with Crippen molar-refractivity contribution in [1.82, 2.24) is 0 Å². The molecule has 0 rings (SSSR count). The van der Waals surface area contributed by atoms with Gasteiger partial charge < -0.3 is 14.2 Å². The van der Waals surface area contributed by atoms with Crippen molar-refractivity contribution in [3.8, 4) is 0 Å². The van der Waals surface area contributed by atoms with Gasteiger partial charge in [0.1, 0.15) is 13.2 Å². The summed E-state index contributed by atoms with van der Waals surface area (Å²) in [6.07, 6.45) is 65.3. The molecule has 0 aliphatic carbocycles. The van der Waals surface area contributed by atoms with E-state index < -0.39 is 6.10 Å². The molecule has 0 amide bonds. The molecule has 0 fully saturated rings. The minimum atomic E-state index is -0.790. The van der Waals surface area contributed by atoms with Crippen molar-refractivity contribution in [3.05, 3.63) is 48.6 Å². The number of rotatable bonds is 51. The third-order valence-corrected chi connectivity index (χ3v) is 12.3. The van der Waals surface area contributed by atoms with E-state index in [1.54, 1.807) is 0 Å². The third-order valence-electron chi connectivity index (χ3n) is 12.3. The van der Waals surface area contributed by atoms with Gasteiger partial charge in [-0.05, 0) is 57.8 Å². The second-order valence-corrected chi connectivity index (χ2v) is 18.9. The van der Waals surface area contributed by atoms with E-state index >= 15 is 0 Å². The predicted molar refractivity (Wildman–Crippen MR) is 279 cm³/mol. The van der Waals surface area contributed by atoms with Crippen molar-refractivity contribution in [1.29, 1.82) is 0 Å². The molecule has 1 unspecified atom stereocenters. The van der Waals surface area contributed by atoms with Crippen molar-refractivity contribution in [3.63, 3.8) is 0 Å². The number of hydrogen-bond acceptors (Lipinski definition) is 6. The molecular weight excluding hydrogens is 805 g/mol. The predicted octanol–water partition coefficient (Wildman–Crippen LogP) is 18.7. The normalized spacial score (nSPS) is 12.4. The second kappa shape index (κ2) is 54.0. The van der Waals surface area contributed by atoms with Crippen LogP contribution in [0.3, 0.4) is 0 Å². The number of carbonyl (C=O) groups excluding carboxylic acids is 3. The number of carbonyl (C=O) groups is 3. The number of esters is 3. The van der Waals surface area contributed by atoms with E-state index in [2.05, 4.69) is 69.4 Å². The van der Waals surface area contributed by atoms with Crippen molar-refractivity contribution in [2.24, 2.45) is 0 Å². The van der Waals surface area contributed by atoms with E-state index in [1.165, 1.54) is 180 Å². The number of unbranched alkanes of at least 4 members (excludes halogenated alkanes) is 32. The van der Waals surface area contributed by atoms with Crippen LogP contribution in [0.2, 0.25) is 0 Å². The van der Waals surface area contributed by atoms with Crippen LogP contribution in [0, 0.1) is 0 Å². The zero-order chi connectivity index (χ0) is 47.2. The Morgan fingerprint density at radius 3 is 0.923 bits per heavy atom. The fourth-order valence-corrected chi connectivity index (χ4v) is 8.08. The van der Waals surface area contributed by atoms with E-state index in [0.717, 1.165) is 64.2 Å². The van der Waals surface area contributed by atoms with Gasteiger partial charge in [0.05, 0.1) is 0 Å². The van der Waals surface area contributed by atoms with Crippen LogP contribution in [0.4, 0.5) is 0 Å². The average molecular weight is 911 g/mol. The fourth-order valence-electron chi connectivity index (χ4n) is 8.08. The maximum absolute atomic E-state index is 12.8. The van der Waals surface area contributed by atoms with Gasteiger partial charge in [0.15, 0.2) is 6.10 Å². The largest absolute Gasteiger partial charge is 0.462 e. The van der Waals surface area contributed by atoms with Crippen molar-refractivity contribution < 1.29 is 28.6 Å². The summed E-state index contributed by atoms with van der Waals surface area (Å²) in [4.78, 5) is 38.1.